The second-order valence-corrected chi connectivity index (χ2v) is 8.74. The molecule has 2 bridgehead atoms. The second kappa shape index (κ2) is 5.47. The molecule has 3 fully saturated rings. The van der Waals surface area contributed by atoms with Crippen molar-refractivity contribution in [3.05, 3.63) is 34.2 Å². The van der Waals surface area contributed by atoms with Gasteiger partial charge in [0.25, 0.3) is 5.91 Å². The van der Waals surface area contributed by atoms with E-state index in [-0.39, 0.29) is 17.5 Å². The van der Waals surface area contributed by atoms with E-state index >= 15 is 0 Å². The zero-order chi connectivity index (χ0) is 16.2. The molecule has 1 aromatic heterocycles. The maximum Gasteiger partial charge on any atom is 0.261 e. The number of thiophene rings is 1. The van der Waals surface area contributed by atoms with Gasteiger partial charge in [-0.25, -0.2) is 0 Å². The molecule has 0 spiro atoms. The number of amides is 1. The van der Waals surface area contributed by atoms with Crippen molar-refractivity contribution in [2.24, 2.45) is 5.92 Å². The van der Waals surface area contributed by atoms with E-state index in [2.05, 4.69) is 24.1 Å². The van der Waals surface area contributed by atoms with E-state index in [0.717, 1.165) is 28.1 Å². The predicted molar refractivity (Wildman–Crippen MR) is 96.5 cm³/mol. The van der Waals surface area contributed by atoms with Crippen molar-refractivity contribution in [3.63, 3.8) is 0 Å². The molecule has 0 saturated carbocycles. The standard InChI is InChI=1S/C18H21ClN2OS/c1-18(2)16(11-5-7-21(18)8-6-11)20-17(22)15-9-12-3-4-13(19)10-14(12)23-15/h3-4,9-11,16H,5-8H2,1-2H3,(H,20,22)/t16-/m0/s1. The van der Waals surface area contributed by atoms with Crippen LogP contribution in [0.15, 0.2) is 24.3 Å². The Morgan fingerprint density at radius 3 is 2.74 bits per heavy atom. The van der Waals surface area contributed by atoms with E-state index in [0.29, 0.717) is 10.9 Å². The number of nitrogens with zero attached hydrogens (tertiary/aromatic N) is 1. The Bertz CT molecular complexity index is 761. The summed E-state index contributed by atoms with van der Waals surface area (Å²) in [5.74, 6) is 0.650. The molecule has 3 aliphatic heterocycles. The van der Waals surface area contributed by atoms with Gasteiger partial charge in [0.05, 0.1) is 4.88 Å². The lowest BCUT2D eigenvalue weighted by Gasteiger charge is -2.56. The molecule has 23 heavy (non-hydrogen) atoms. The zero-order valence-corrected chi connectivity index (χ0v) is 15.0. The average Bonchev–Trinajstić information content (AvgIpc) is 2.94. The van der Waals surface area contributed by atoms with Crippen molar-refractivity contribution < 1.29 is 4.79 Å². The lowest BCUT2D eigenvalue weighted by Crippen LogP contribution is -2.69. The predicted octanol–water partition coefficient (Wildman–Crippen LogP) is 4.16. The summed E-state index contributed by atoms with van der Waals surface area (Å²) in [6.07, 6.45) is 2.38. The summed E-state index contributed by atoms with van der Waals surface area (Å²) < 4.78 is 1.07. The Labute approximate surface area is 145 Å². The number of rotatable bonds is 2. The van der Waals surface area contributed by atoms with Gasteiger partial charge in [0.1, 0.15) is 0 Å². The Balaban J connectivity index is 1.59. The van der Waals surface area contributed by atoms with Crippen molar-refractivity contribution in [1.29, 1.82) is 0 Å². The quantitative estimate of drug-likeness (QED) is 0.883. The number of fused-ring (bicyclic) bond motifs is 4. The molecule has 0 unspecified atom stereocenters. The molecular weight excluding hydrogens is 328 g/mol. The minimum atomic E-state index is 0.0385. The largest absolute Gasteiger partial charge is 0.346 e. The van der Waals surface area contributed by atoms with Gasteiger partial charge in [0.15, 0.2) is 0 Å². The number of carbonyl (C=O) groups is 1. The molecule has 0 aliphatic carbocycles. The summed E-state index contributed by atoms with van der Waals surface area (Å²) in [7, 11) is 0. The lowest BCUT2D eigenvalue weighted by molar-refractivity contribution is -0.0377. The van der Waals surface area contributed by atoms with E-state index in [1.165, 1.54) is 24.2 Å². The smallest absolute Gasteiger partial charge is 0.261 e. The molecule has 1 amide bonds. The highest BCUT2D eigenvalue weighted by molar-refractivity contribution is 7.20. The van der Waals surface area contributed by atoms with Crippen molar-refractivity contribution >= 4 is 38.9 Å². The lowest BCUT2D eigenvalue weighted by atomic mass is 9.72. The number of carbonyl (C=O) groups excluding carboxylic acids is 1. The van der Waals surface area contributed by atoms with Crippen molar-refractivity contribution in [2.75, 3.05) is 13.1 Å². The van der Waals surface area contributed by atoms with Crippen LogP contribution in [0.25, 0.3) is 10.1 Å². The van der Waals surface area contributed by atoms with Crippen LogP contribution in [-0.2, 0) is 0 Å². The Kier molecular flexibility index (Phi) is 3.67. The van der Waals surface area contributed by atoms with Crippen LogP contribution in [0.3, 0.4) is 0 Å². The number of halogens is 1. The van der Waals surface area contributed by atoms with E-state index in [9.17, 15) is 4.79 Å². The molecule has 2 aromatic rings. The second-order valence-electron chi connectivity index (χ2n) is 7.22. The molecule has 3 saturated heterocycles. The molecular formula is C18H21ClN2OS. The highest BCUT2D eigenvalue weighted by atomic mass is 35.5. The monoisotopic (exact) mass is 348 g/mol. The fourth-order valence-corrected chi connectivity index (χ4v) is 5.45. The zero-order valence-electron chi connectivity index (χ0n) is 13.4. The minimum absolute atomic E-state index is 0.0385. The number of benzene rings is 1. The first kappa shape index (κ1) is 15.4. The van der Waals surface area contributed by atoms with Crippen molar-refractivity contribution in [1.82, 2.24) is 10.2 Å². The van der Waals surface area contributed by atoms with Crippen LogP contribution in [0.2, 0.25) is 5.02 Å². The van der Waals surface area contributed by atoms with Crippen LogP contribution in [0.1, 0.15) is 36.4 Å². The molecule has 0 radical (unpaired) electrons. The first-order valence-electron chi connectivity index (χ1n) is 8.20. The van der Waals surface area contributed by atoms with E-state index in [1.54, 1.807) is 0 Å². The third-order valence-electron chi connectivity index (χ3n) is 5.58. The molecule has 5 heteroatoms. The molecule has 4 heterocycles. The maximum atomic E-state index is 12.8. The Morgan fingerprint density at radius 1 is 1.30 bits per heavy atom. The summed E-state index contributed by atoms with van der Waals surface area (Å²) in [5, 5.41) is 5.12. The van der Waals surface area contributed by atoms with Gasteiger partial charge >= 0.3 is 0 Å². The fraction of sp³-hybridized carbons (Fsp3) is 0.500. The third kappa shape index (κ3) is 2.57. The fourth-order valence-electron chi connectivity index (χ4n) is 4.21. The molecule has 3 aliphatic rings. The van der Waals surface area contributed by atoms with Crippen LogP contribution >= 0.6 is 22.9 Å². The van der Waals surface area contributed by atoms with Gasteiger partial charge in [-0.05, 0) is 69.3 Å². The van der Waals surface area contributed by atoms with Crippen molar-refractivity contribution in [3.8, 4) is 0 Å². The van der Waals surface area contributed by atoms with Crippen LogP contribution in [0.4, 0.5) is 0 Å². The van der Waals surface area contributed by atoms with E-state index in [1.807, 2.05) is 24.3 Å². The third-order valence-corrected chi connectivity index (χ3v) is 6.91. The molecule has 122 valence electrons. The normalized spacial score (nSPS) is 28.9. The van der Waals surface area contributed by atoms with Gasteiger partial charge < -0.3 is 5.32 Å². The Morgan fingerprint density at radius 2 is 2.04 bits per heavy atom. The highest BCUT2D eigenvalue weighted by Crippen LogP contribution is 2.39. The Hall–Kier alpha value is -1.10. The summed E-state index contributed by atoms with van der Waals surface area (Å²) in [5.41, 5.74) is 0.0385. The highest BCUT2D eigenvalue weighted by Gasteiger charge is 2.48. The van der Waals surface area contributed by atoms with Crippen LogP contribution in [0, 0.1) is 5.92 Å². The van der Waals surface area contributed by atoms with Gasteiger partial charge in [-0.3, -0.25) is 9.69 Å². The van der Waals surface area contributed by atoms with Crippen LogP contribution in [-0.4, -0.2) is 35.5 Å². The van der Waals surface area contributed by atoms with E-state index < -0.39 is 0 Å². The molecule has 3 nitrogen and oxygen atoms in total. The summed E-state index contributed by atoms with van der Waals surface area (Å²) in [6, 6.07) is 7.97. The van der Waals surface area contributed by atoms with Crippen LogP contribution < -0.4 is 5.32 Å². The molecule has 1 aromatic carbocycles. The van der Waals surface area contributed by atoms with E-state index in [4.69, 9.17) is 11.6 Å². The SMILES string of the molecule is CC1(C)[C@@H](NC(=O)c2cc3ccc(Cl)cc3s2)C2CCN1CC2. The van der Waals surface area contributed by atoms with Crippen molar-refractivity contribution in [2.45, 2.75) is 38.3 Å². The number of nitrogens with one attached hydrogen (secondary N) is 1. The number of piperidine rings is 3. The average molecular weight is 349 g/mol. The summed E-state index contributed by atoms with van der Waals surface area (Å²) in [4.78, 5) is 16.1. The van der Waals surface area contributed by atoms with Crippen LogP contribution in [0.5, 0.6) is 0 Å². The van der Waals surface area contributed by atoms with Gasteiger partial charge in [0.2, 0.25) is 0 Å². The summed E-state index contributed by atoms with van der Waals surface area (Å²) in [6.45, 7) is 6.83. The van der Waals surface area contributed by atoms with Gasteiger partial charge in [0, 0.05) is 21.3 Å². The maximum absolute atomic E-state index is 12.8. The first-order valence-corrected chi connectivity index (χ1v) is 9.39. The van der Waals surface area contributed by atoms with Gasteiger partial charge in [-0.15, -0.1) is 11.3 Å². The first-order chi connectivity index (χ1) is 10.9. The topological polar surface area (TPSA) is 32.3 Å². The minimum Gasteiger partial charge on any atom is -0.346 e. The number of hydrogen-bond donors (Lipinski definition) is 1. The van der Waals surface area contributed by atoms with Gasteiger partial charge in [-0.1, -0.05) is 17.7 Å². The summed E-state index contributed by atoms with van der Waals surface area (Å²) >= 11 is 7.56. The molecule has 1 N–H and O–H groups in total. The molecule has 1 atom stereocenters. The molecule has 5 rings (SSSR count). The van der Waals surface area contributed by atoms with Gasteiger partial charge in [-0.2, -0.15) is 0 Å². The number of hydrogen-bond acceptors (Lipinski definition) is 3.